The third kappa shape index (κ3) is 4.65. The average molecular weight is 423 g/mol. The van der Waals surface area contributed by atoms with Crippen molar-refractivity contribution in [1.82, 2.24) is 19.5 Å². The largest absolute Gasteiger partial charge is 0.461 e. The van der Waals surface area contributed by atoms with Gasteiger partial charge in [-0.2, -0.15) is 9.97 Å². The van der Waals surface area contributed by atoms with E-state index in [0.717, 1.165) is 0 Å². The number of aromatic nitrogens is 4. The van der Waals surface area contributed by atoms with E-state index >= 15 is 0 Å². The first-order valence-corrected chi connectivity index (χ1v) is 10.4. The smallest absolute Gasteiger partial charge is 0.358 e. The van der Waals surface area contributed by atoms with E-state index in [0.29, 0.717) is 12.2 Å². The molecule has 12 heteroatoms. The fourth-order valence-corrected chi connectivity index (χ4v) is 3.82. The van der Waals surface area contributed by atoms with Crippen molar-refractivity contribution in [2.75, 3.05) is 32.7 Å². The predicted molar refractivity (Wildman–Crippen MR) is 107 cm³/mol. The Labute approximate surface area is 166 Å². The standard InChI is InChI=1S/C17H22N5O6P/c1-3-28-29(24,25)12-6-4-5-11(9-12)10-22-15-13(19-17(22)23)14(18)20-16(21-15)27-8-7-26-2/h4-6,9H,3,7-8,10H2,1-2H3,(H,19,23)(H,24,25)(H2,18,20,21). The van der Waals surface area contributed by atoms with Crippen LogP contribution in [0.3, 0.4) is 0 Å². The number of rotatable bonds is 9. The Morgan fingerprint density at radius 1 is 1.31 bits per heavy atom. The van der Waals surface area contributed by atoms with Crippen LogP contribution in [0.2, 0.25) is 0 Å². The molecule has 4 N–H and O–H groups in total. The Morgan fingerprint density at radius 2 is 2.10 bits per heavy atom. The summed E-state index contributed by atoms with van der Waals surface area (Å²) in [5, 5.41) is 0.141. The van der Waals surface area contributed by atoms with Crippen molar-refractivity contribution < 1.29 is 23.5 Å². The first kappa shape index (κ1) is 21.0. The molecule has 0 amide bonds. The summed E-state index contributed by atoms with van der Waals surface area (Å²) < 4.78 is 28.9. The highest BCUT2D eigenvalue weighted by atomic mass is 31.2. The molecule has 0 aliphatic rings. The Balaban J connectivity index is 1.97. The van der Waals surface area contributed by atoms with Crippen LogP contribution < -0.4 is 21.5 Å². The van der Waals surface area contributed by atoms with Crippen molar-refractivity contribution in [3.63, 3.8) is 0 Å². The second-order valence-corrected chi connectivity index (χ2v) is 7.87. The van der Waals surface area contributed by atoms with Crippen LogP contribution in [0.15, 0.2) is 29.1 Å². The molecule has 0 aliphatic heterocycles. The third-order valence-corrected chi connectivity index (χ3v) is 5.57. The molecule has 0 saturated carbocycles. The number of imidazole rings is 1. The van der Waals surface area contributed by atoms with E-state index in [1.54, 1.807) is 19.1 Å². The van der Waals surface area contributed by atoms with Crippen LogP contribution in [0.25, 0.3) is 11.2 Å². The molecular formula is C17H22N5O6P. The molecule has 0 aliphatic carbocycles. The summed E-state index contributed by atoms with van der Waals surface area (Å²) in [5.41, 5.74) is 6.63. The number of aromatic amines is 1. The van der Waals surface area contributed by atoms with E-state index in [-0.39, 0.29) is 48.1 Å². The van der Waals surface area contributed by atoms with Crippen molar-refractivity contribution >= 4 is 29.9 Å². The number of methoxy groups -OCH3 is 1. The van der Waals surface area contributed by atoms with E-state index in [4.69, 9.17) is 19.7 Å². The summed E-state index contributed by atoms with van der Waals surface area (Å²) in [6.45, 7) is 2.39. The van der Waals surface area contributed by atoms with Gasteiger partial charge in [-0.3, -0.25) is 9.13 Å². The molecule has 11 nitrogen and oxygen atoms in total. The molecule has 29 heavy (non-hydrogen) atoms. The van der Waals surface area contributed by atoms with Crippen LogP contribution in [-0.2, 0) is 20.4 Å². The Hall–Kier alpha value is -2.72. The van der Waals surface area contributed by atoms with Gasteiger partial charge in [0.15, 0.2) is 11.5 Å². The van der Waals surface area contributed by atoms with Crippen molar-refractivity contribution in [3.05, 3.63) is 40.3 Å². The summed E-state index contributed by atoms with van der Waals surface area (Å²) in [6, 6.07) is 6.38. The van der Waals surface area contributed by atoms with Crippen LogP contribution in [0.1, 0.15) is 12.5 Å². The number of H-pyrrole nitrogens is 1. The molecule has 0 radical (unpaired) electrons. The highest BCUT2D eigenvalue weighted by Gasteiger charge is 2.22. The van der Waals surface area contributed by atoms with Gasteiger partial charge in [-0.05, 0) is 24.6 Å². The number of hydrogen-bond acceptors (Lipinski definition) is 8. The van der Waals surface area contributed by atoms with E-state index in [2.05, 4.69) is 15.0 Å². The molecule has 1 atom stereocenters. The van der Waals surface area contributed by atoms with Crippen LogP contribution >= 0.6 is 7.60 Å². The second-order valence-electron chi connectivity index (χ2n) is 6.06. The highest BCUT2D eigenvalue weighted by Crippen LogP contribution is 2.40. The lowest BCUT2D eigenvalue weighted by molar-refractivity contribution is 0.141. The lowest BCUT2D eigenvalue weighted by Crippen LogP contribution is -2.19. The number of hydrogen-bond donors (Lipinski definition) is 3. The van der Waals surface area contributed by atoms with Gasteiger partial charge in [0.05, 0.1) is 25.1 Å². The molecule has 0 spiro atoms. The number of nitrogens with two attached hydrogens (primary N) is 1. The Bertz CT molecular complexity index is 1110. The number of nitrogen functional groups attached to an aromatic ring is 1. The van der Waals surface area contributed by atoms with Gasteiger partial charge in [-0.25, -0.2) is 4.79 Å². The Morgan fingerprint density at radius 3 is 2.83 bits per heavy atom. The van der Waals surface area contributed by atoms with Crippen molar-refractivity contribution in [3.8, 4) is 6.01 Å². The van der Waals surface area contributed by atoms with Crippen LogP contribution in [-0.4, -0.2) is 51.3 Å². The molecule has 0 bridgehead atoms. The third-order valence-electron chi connectivity index (χ3n) is 4.03. The molecule has 3 rings (SSSR count). The second kappa shape index (κ2) is 8.75. The molecule has 3 aromatic rings. The van der Waals surface area contributed by atoms with Crippen molar-refractivity contribution in [1.29, 1.82) is 0 Å². The molecular weight excluding hydrogens is 401 g/mol. The minimum absolute atomic E-state index is 0.0183. The topological polar surface area (TPSA) is 155 Å². The van der Waals surface area contributed by atoms with Crippen molar-refractivity contribution in [2.45, 2.75) is 13.5 Å². The summed E-state index contributed by atoms with van der Waals surface area (Å²) in [4.78, 5) is 33.4. The minimum Gasteiger partial charge on any atom is -0.461 e. The summed E-state index contributed by atoms with van der Waals surface area (Å²) >= 11 is 0. The van der Waals surface area contributed by atoms with E-state index in [9.17, 15) is 14.3 Å². The van der Waals surface area contributed by atoms with Gasteiger partial charge in [-0.15, -0.1) is 0 Å². The fourth-order valence-electron chi connectivity index (χ4n) is 2.72. The van der Waals surface area contributed by atoms with Gasteiger partial charge in [0.1, 0.15) is 12.1 Å². The predicted octanol–water partition coefficient (Wildman–Crippen LogP) is 0.622. The molecule has 0 saturated heterocycles. The normalized spacial score (nSPS) is 13.5. The Kier molecular flexibility index (Phi) is 6.33. The number of ether oxygens (including phenoxy) is 2. The summed E-state index contributed by atoms with van der Waals surface area (Å²) in [5.74, 6) is 0.0724. The number of nitrogens with zero attached hydrogens (tertiary/aromatic N) is 3. The zero-order valence-electron chi connectivity index (χ0n) is 16.0. The van der Waals surface area contributed by atoms with Gasteiger partial charge in [0.2, 0.25) is 0 Å². The number of nitrogens with one attached hydrogen (secondary N) is 1. The molecule has 156 valence electrons. The first-order valence-electron chi connectivity index (χ1n) is 8.80. The lowest BCUT2D eigenvalue weighted by atomic mass is 10.2. The average Bonchev–Trinajstić information content (AvgIpc) is 2.99. The number of benzene rings is 1. The van der Waals surface area contributed by atoms with Crippen LogP contribution in [0.4, 0.5) is 5.82 Å². The number of anilines is 1. The highest BCUT2D eigenvalue weighted by molar-refractivity contribution is 7.61. The molecule has 1 aromatic carbocycles. The molecule has 2 aromatic heterocycles. The fraction of sp³-hybridized carbons (Fsp3) is 0.353. The van der Waals surface area contributed by atoms with E-state index in [1.165, 1.54) is 23.8 Å². The van der Waals surface area contributed by atoms with E-state index < -0.39 is 13.3 Å². The maximum absolute atomic E-state index is 12.4. The molecule has 1 unspecified atom stereocenters. The van der Waals surface area contributed by atoms with Crippen LogP contribution in [0, 0.1) is 0 Å². The molecule has 0 fully saturated rings. The van der Waals surface area contributed by atoms with Gasteiger partial charge < -0.3 is 29.6 Å². The van der Waals surface area contributed by atoms with Crippen molar-refractivity contribution in [2.24, 2.45) is 0 Å². The monoisotopic (exact) mass is 423 g/mol. The van der Waals surface area contributed by atoms with E-state index in [1.807, 2.05) is 0 Å². The number of fused-ring (bicyclic) bond motifs is 1. The minimum atomic E-state index is -3.93. The van der Waals surface area contributed by atoms with Gasteiger partial charge >= 0.3 is 19.3 Å². The zero-order chi connectivity index (χ0) is 21.0. The van der Waals surface area contributed by atoms with Gasteiger partial charge in [0, 0.05) is 7.11 Å². The van der Waals surface area contributed by atoms with Gasteiger partial charge in [-0.1, -0.05) is 12.1 Å². The summed E-state index contributed by atoms with van der Waals surface area (Å²) in [7, 11) is -2.39. The first-order chi connectivity index (χ1) is 13.9. The maximum Gasteiger partial charge on any atom is 0.358 e. The zero-order valence-corrected chi connectivity index (χ0v) is 16.9. The quantitative estimate of drug-likeness (QED) is 0.332. The van der Waals surface area contributed by atoms with Crippen LogP contribution in [0.5, 0.6) is 6.01 Å². The summed E-state index contributed by atoms with van der Waals surface area (Å²) in [6.07, 6.45) is 0. The maximum atomic E-state index is 12.4. The van der Waals surface area contributed by atoms with Gasteiger partial charge in [0.25, 0.3) is 0 Å². The lowest BCUT2D eigenvalue weighted by Gasteiger charge is -2.12. The molecule has 2 heterocycles. The SMILES string of the molecule is CCOP(=O)(O)c1cccc(Cn2c(=O)[nH]c3c(N)nc(OCCOC)nc32)c1.